The van der Waals surface area contributed by atoms with Gasteiger partial charge >= 0.3 is 0 Å². The number of hydrogen-bond donors (Lipinski definition) is 1. The molecule has 146 valence electrons. The molecule has 3 atom stereocenters. The van der Waals surface area contributed by atoms with Gasteiger partial charge in [-0.1, -0.05) is 0 Å². The van der Waals surface area contributed by atoms with Crippen LogP contribution in [-0.2, 0) is 15.0 Å². The lowest BCUT2D eigenvalue weighted by atomic mass is 9.66. The van der Waals surface area contributed by atoms with Gasteiger partial charge in [-0.15, -0.1) is 0 Å². The van der Waals surface area contributed by atoms with Gasteiger partial charge in [-0.25, -0.2) is 14.4 Å². The Kier molecular flexibility index (Phi) is 3.64. The molecule has 2 N–H and O–H groups in total. The molecule has 0 saturated carbocycles. The Labute approximate surface area is 160 Å². The predicted molar refractivity (Wildman–Crippen MR) is 96.8 cm³/mol. The molecule has 2 aromatic rings. The third-order valence-corrected chi connectivity index (χ3v) is 6.02. The van der Waals surface area contributed by atoms with Crippen molar-refractivity contribution in [2.24, 2.45) is 16.6 Å². The van der Waals surface area contributed by atoms with E-state index < -0.39 is 22.9 Å². The normalized spacial score (nSPS) is 30.8. The number of aromatic nitrogens is 1. The van der Waals surface area contributed by atoms with Crippen molar-refractivity contribution >= 4 is 6.02 Å². The Balaban J connectivity index is 1.75. The number of amidine groups is 1. The summed E-state index contributed by atoms with van der Waals surface area (Å²) in [6.07, 6.45) is 1.95. The first-order valence-electron chi connectivity index (χ1n) is 9.13. The third-order valence-electron chi connectivity index (χ3n) is 6.02. The van der Waals surface area contributed by atoms with Crippen molar-refractivity contribution < 1.29 is 23.0 Å². The van der Waals surface area contributed by atoms with Crippen LogP contribution in [0.15, 0.2) is 35.5 Å². The first-order valence-corrected chi connectivity index (χ1v) is 9.13. The maximum Gasteiger partial charge on any atom is 0.283 e. The maximum absolute atomic E-state index is 15.0. The van der Waals surface area contributed by atoms with Gasteiger partial charge in [0, 0.05) is 35.4 Å². The Morgan fingerprint density at radius 1 is 1.25 bits per heavy atom. The minimum absolute atomic E-state index is 0.0687. The highest BCUT2D eigenvalue weighted by molar-refractivity contribution is 5.75. The highest BCUT2D eigenvalue weighted by Crippen LogP contribution is 2.55. The Morgan fingerprint density at radius 3 is 2.86 bits per heavy atom. The fraction of sp³-hybridized carbons (Fsp3) is 0.400. The van der Waals surface area contributed by atoms with Gasteiger partial charge in [0.2, 0.25) is 5.95 Å². The van der Waals surface area contributed by atoms with Gasteiger partial charge in [0.05, 0.1) is 19.1 Å². The van der Waals surface area contributed by atoms with Crippen LogP contribution in [0.1, 0.15) is 18.9 Å². The number of hydrogen-bond acceptors (Lipinski definition) is 6. The van der Waals surface area contributed by atoms with Crippen LogP contribution >= 0.6 is 0 Å². The summed E-state index contributed by atoms with van der Waals surface area (Å²) in [5.74, 6) is -1.15. The summed E-state index contributed by atoms with van der Waals surface area (Å²) < 4.78 is 46.7. The summed E-state index contributed by atoms with van der Waals surface area (Å²) in [5.41, 5.74) is 5.16. The number of fused-ring (bicyclic) bond motifs is 4. The van der Waals surface area contributed by atoms with Crippen molar-refractivity contribution in [2.75, 3.05) is 19.8 Å². The van der Waals surface area contributed by atoms with E-state index in [2.05, 4.69) is 9.98 Å². The molecule has 1 spiro atoms. The van der Waals surface area contributed by atoms with Gasteiger partial charge in [-0.3, -0.25) is 0 Å². The number of aliphatic imine (C=N–C) groups is 1. The Hall–Kier alpha value is -2.74. The van der Waals surface area contributed by atoms with E-state index in [4.69, 9.17) is 19.9 Å². The second kappa shape index (κ2) is 5.88. The Morgan fingerprint density at radius 2 is 2.11 bits per heavy atom. The lowest BCUT2D eigenvalue weighted by Crippen LogP contribution is -2.59. The molecule has 1 saturated heterocycles. The van der Waals surface area contributed by atoms with Gasteiger partial charge in [0.25, 0.3) is 6.02 Å². The number of pyridine rings is 1. The summed E-state index contributed by atoms with van der Waals surface area (Å²) >= 11 is 0. The van der Waals surface area contributed by atoms with Crippen molar-refractivity contribution in [3.05, 3.63) is 47.8 Å². The van der Waals surface area contributed by atoms with Crippen LogP contribution in [0, 0.1) is 17.7 Å². The minimum atomic E-state index is -0.881. The SMILES string of the molecule is C[C@@]12CCOC[C@H]1[C@]1(COC(N)=N1)c1cc(-c3cccnc3F)c(F)cc1O2. The molecule has 6 nitrogen and oxygen atoms in total. The van der Waals surface area contributed by atoms with Crippen LogP contribution in [0.25, 0.3) is 11.1 Å². The fourth-order valence-electron chi connectivity index (χ4n) is 4.56. The van der Waals surface area contributed by atoms with Crippen LogP contribution in [0.5, 0.6) is 5.75 Å². The van der Waals surface area contributed by atoms with Crippen LogP contribution in [0.4, 0.5) is 8.78 Å². The molecule has 0 radical (unpaired) electrons. The lowest BCUT2D eigenvalue weighted by molar-refractivity contribution is -0.129. The second-order valence-electron chi connectivity index (χ2n) is 7.63. The summed E-state index contributed by atoms with van der Waals surface area (Å²) in [4.78, 5) is 8.25. The average Bonchev–Trinajstić information content (AvgIpc) is 3.04. The molecule has 3 aliphatic heterocycles. The predicted octanol–water partition coefficient (Wildman–Crippen LogP) is 2.75. The molecule has 5 rings (SSSR count). The molecular weight excluding hydrogens is 368 g/mol. The topological polar surface area (TPSA) is 79.0 Å². The van der Waals surface area contributed by atoms with E-state index in [1.165, 1.54) is 18.3 Å². The summed E-state index contributed by atoms with van der Waals surface area (Å²) in [5, 5.41) is 0. The number of ether oxygens (including phenoxy) is 3. The number of nitrogens with two attached hydrogens (primary N) is 1. The first-order chi connectivity index (χ1) is 13.4. The molecule has 8 heteroatoms. The van der Waals surface area contributed by atoms with Crippen LogP contribution in [0.2, 0.25) is 0 Å². The van der Waals surface area contributed by atoms with Gasteiger partial charge in [0.1, 0.15) is 29.3 Å². The minimum Gasteiger partial charge on any atom is -0.486 e. The van der Waals surface area contributed by atoms with E-state index in [-0.39, 0.29) is 29.7 Å². The van der Waals surface area contributed by atoms with Gasteiger partial charge in [-0.2, -0.15) is 4.39 Å². The number of nitrogens with zero attached hydrogens (tertiary/aromatic N) is 2. The van der Waals surface area contributed by atoms with E-state index >= 15 is 0 Å². The van der Waals surface area contributed by atoms with Gasteiger partial charge < -0.3 is 19.9 Å². The van der Waals surface area contributed by atoms with E-state index in [9.17, 15) is 8.78 Å². The standard InChI is InChI=1S/C20H19F2N3O3/c1-19-4-6-26-9-16(19)20(10-27-18(23)25-20)13-7-12(14(21)8-15(13)28-19)11-3-2-5-24-17(11)22/h2-3,5,7-8,16H,4,6,9-10H2,1H3,(H2,23,25)/t16-,19-,20+/m1/s1. The lowest BCUT2D eigenvalue weighted by Gasteiger charge is -2.52. The summed E-state index contributed by atoms with van der Waals surface area (Å²) in [6.45, 7) is 3.12. The molecule has 1 aromatic carbocycles. The monoisotopic (exact) mass is 387 g/mol. The fourth-order valence-corrected chi connectivity index (χ4v) is 4.56. The van der Waals surface area contributed by atoms with E-state index in [1.807, 2.05) is 6.92 Å². The molecule has 28 heavy (non-hydrogen) atoms. The zero-order valence-corrected chi connectivity index (χ0v) is 15.2. The van der Waals surface area contributed by atoms with Crippen molar-refractivity contribution in [1.29, 1.82) is 0 Å². The van der Waals surface area contributed by atoms with E-state index in [0.29, 0.717) is 30.9 Å². The Bertz CT molecular complexity index is 999. The molecule has 1 aromatic heterocycles. The largest absolute Gasteiger partial charge is 0.486 e. The number of rotatable bonds is 1. The molecule has 1 fully saturated rings. The molecule has 4 heterocycles. The second-order valence-corrected chi connectivity index (χ2v) is 7.63. The average molecular weight is 387 g/mol. The molecule has 0 unspecified atom stereocenters. The van der Waals surface area contributed by atoms with Crippen LogP contribution in [0.3, 0.4) is 0 Å². The van der Waals surface area contributed by atoms with E-state index in [1.54, 1.807) is 12.1 Å². The molecule has 3 aliphatic rings. The van der Waals surface area contributed by atoms with Crippen LogP contribution in [-0.4, -0.2) is 36.4 Å². The smallest absolute Gasteiger partial charge is 0.283 e. The van der Waals surface area contributed by atoms with Crippen molar-refractivity contribution in [3.63, 3.8) is 0 Å². The molecule has 0 bridgehead atoms. The third kappa shape index (κ3) is 2.33. The quantitative estimate of drug-likeness (QED) is 0.762. The van der Waals surface area contributed by atoms with Crippen molar-refractivity contribution in [2.45, 2.75) is 24.5 Å². The first kappa shape index (κ1) is 17.4. The van der Waals surface area contributed by atoms with Gasteiger partial charge in [-0.05, 0) is 25.1 Å². The molecule has 0 aliphatic carbocycles. The maximum atomic E-state index is 15.0. The number of benzene rings is 1. The highest BCUT2D eigenvalue weighted by atomic mass is 19.1. The summed E-state index contributed by atoms with van der Waals surface area (Å²) in [6, 6.07) is 5.98. The highest BCUT2D eigenvalue weighted by Gasteiger charge is 2.60. The summed E-state index contributed by atoms with van der Waals surface area (Å²) in [7, 11) is 0. The number of halogens is 2. The van der Waals surface area contributed by atoms with E-state index in [0.717, 1.165) is 0 Å². The zero-order chi connectivity index (χ0) is 19.5. The zero-order valence-electron chi connectivity index (χ0n) is 15.2. The molecular formula is C20H19F2N3O3. The van der Waals surface area contributed by atoms with Gasteiger partial charge in [0.15, 0.2) is 0 Å². The van der Waals surface area contributed by atoms with Crippen molar-refractivity contribution in [1.82, 2.24) is 4.98 Å². The van der Waals surface area contributed by atoms with Crippen LogP contribution < -0.4 is 10.5 Å². The molecule has 0 amide bonds. The van der Waals surface area contributed by atoms with Crippen molar-refractivity contribution in [3.8, 4) is 16.9 Å².